The summed E-state index contributed by atoms with van der Waals surface area (Å²) in [5.74, 6) is -1.45. The first kappa shape index (κ1) is 14.0. The van der Waals surface area contributed by atoms with Gasteiger partial charge in [-0.05, 0) is 13.3 Å². The molecular weight excluding hydrogens is 264 g/mol. The molecule has 0 bridgehead atoms. The number of carboxylic acid groups (broad SMARTS) is 1. The number of imidazole rings is 1. The standard InChI is InChI=1S/C12H16N4O4/c1-5-6(2)16-8(11(18)19)13-7-9(16)14(3)12(20)15(4)10(7)17/h6H,5H2,1-4H3,(H,18,19). The van der Waals surface area contributed by atoms with Crippen LogP contribution in [0.1, 0.15) is 36.9 Å². The van der Waals surface area contributed by atoms with Crippen molar-refractivity contribution >= 4 is 17.1 Å². The second-order valence-corrected chi connectivity index (χ2v) is 4.75. The van der Waals surface area contributed by atoms with Crippen molar-refractivity contribution < 1.29 is 9.90 Å². The van der Waals surface area contributed by atoms with Crippen molar-refractivity contribution in [2.45, 2.75) is 26.3 Å². The summed E-state index contributed by atoms with van der Waals surface area (Å²) >= 11 is 0. The first-order chi connectivity index (χ1) is 9.31. The minimum atomic E-state index is -1.23. The molecule has 8 heteroatoms. The van der Waals surface area contributed by atoms with Gasteiger partial charge in [0.05, 0.1) is 0 Å². The zero-order valence-corrected chi connectivity index (χ0v) is 11.7. The number of nitrogens with zero attached hydrogens (tertiary/aromatic N) is 4. The lowest BCUT2D eigenvalue weighted by atomic mass is 10.2. The van der Waals surface area contributed by atoms with Crippen molar-refractivity contribution in [2.24, 2.45) is 14.1 Å². The Hall–Kier alpha value is -2.38. The fraction of sp³-hybridized carbons (Fsp3) is 0.500. The van der Waals surface area contributed by atoms with Crippen molar-refractivity contribution in [3.05, 3.63) is 26.7 Å². The van der Waals surface area contributed by atoms with E-state index in [1.807, 2.05) is 13.8 Å². The lowest BCUT2D eigenvalue weighted by Crippen LogP contribution is -2.37. The maximum Gasteiger partial charge on any atom is 0.372 e. The number of carboxylic acids is 1. The summed E-state index contributed by atoms with van der Waals surface area (Å²) in [6.07, 6.45) is 0.648. The quantitative estimate of drug-likeness (QED) is 0.859. The summed E-state index contributed by atoms with van der Waals surface area (Å²) in [6.45, 7) is 3.71. The molecule has 0 aromatic carbocycles. The van der Waals surface area contributed by atoms with Gasteiger partial charge in [-0.15, -0.1) is 0 Å². The van der Waals surface area contributed by atoms with E-state index in [0.29, 0.717) is 6.42 Å². The summed E-state index contributed by atoms with van der Waals surface area (Å²) in [4.78, 5) is 39.3. The Labute approximate surface area is 113 Å². The summed E-state index contributed by atoms with van der Waals surface area (Å²) in [5, 5.41) is 9.25. The van der Waals surface area contributed by atoms with Crippen LogP contribution in [0, 0.1) is 0 Å². The van der Waals surface area contributed by atoms with Crippen LogP contribution in [-0.4, -0.2) is 29.8 Å². The molecule has 0 spiro atoms. The number of hydrogen-bond acceptors (Lipinski definition) is 4. The van der Waals surface area contributed by atoms with E-state index >= 15 is 0 Å². The van der Waals surface area contributed by atoms with Gasteiger partial charge in [-0.3, -0.25) is 13.9 Å². The van der Waals surface area contributed by atoms with Gasteiger partial charge in [-0.1, -0.05) is 6.92 Å². The molecule has 2 rings (SSSR count). The minimum Gasteiger partial charge on any atom is -0.475 e. The van der Waals surface area contributed by atoms with Crippen molar-refractivity contribution in [1.82, 2.24) is 18.7 Å². The minimum absolute atomic E-state index is 0.00713. The number of aromatic nitrogens is 4. The summed E-state index contributed by atoms with van der Waals surface area (Å²) in [7, 11) is 2.84. The predicted molar refractivity (Wildman–Crippen MR) is 72.2 cm³/mol. The Bertz CT molecular complexity index is 811. The number of carbonyl (C=O) groups is 1. The molecule has 1 atom stereocenters. The van der Waals surface area contributed by atoms with Crippen LogP contribution in [0.4, 0.5) is 0 Å². The van der Waals surface area contributed by atoms with Crippen LogP contribution in [0.25, 0.3) is 11.2 Å². The summed E-state index contributed by atoms with van der Waals surface area (Å²) in [6, 6.07) is -0.191. The second-order valence-electron chi connectivity index (χ2n) is 4.75. The number of hydrogen-bond donors (Lipinski definition) is 1. The van der Waals surface area contributed by atoms with Crippen LogP contribution in [-0.2, 0) is 14.1 Å². The topological polar surface area (TPSA) is 99.1 Å². The zero-order chi connectivity index (χ0) is 15.2. The summed E-state index contributed by atoms with van der Waals surface area (Å²) in [5.41, 5.74) is -0.867. The average Bonchev–Trinajstić information content (AvgIpc) is 2.82. The Kier molecular flexibility index (Phi) is 3.24. The van der Waals surface area contributed by atoms with Crippen LogP contribution in [0.5, 0.6) is 0 Å². The average molecular weight is 280 g/mol. The van der Waals surface area contributed by atoms with Crippen molar-refractivity contribution in [3.8, 4) is 0 Å². The Balaban J connectivity index is 3.09. The van der Waals surface area contributed by atoms with Gasteiger partial charge >= 0.3 is 11.7 Å². The number of fused-ring (bicyclic) bond motifs is 1. The molecule has 0 saturated heterocycles. The van der Waals surface area contributed by atoms with E-state index in [9.17, 15) is 19.5 Å². The highest BCUT2D eigenvalue weighted by atomic mass is 16.4. The van der Waals surface area contributed by atoms with Gasteiger partial charge in [-0.2, -0.15) is 0 Å². The molecule has 2 heterocycles. The number of rotatable bonds is 3. The smallest absolute Gasteiger partial charge is 0.372 e. The van der Waals surface area contributed by atoms with Gasteiger partial charge < -0.3 is 9.67 Å². The Morgan fingerprint density at radius 1 is 1.30 bits per heavy atom. The number of aryl methyl sites for hydroxylation is 1. The van der Waals surface area contributed by atoms with Gasteiger partial charge in [0.2, 0.25) is 5.82 Å². The van der Waals surface area contributed by atoms with Crippen LogP contribution in [0.2, 0.25) is 0 Å². The monoisotopic (exact) mass is 280 g/mol. The van der Waals surface area contributed by atoms with Crippen LogP contribution in [0.15, 0.2) is 9.59 Å². The molecule has 1 unspecified atom stereocenters. The van der Waals surface area contributed by atoms with E-state index in [0.717, 1.165) is 4.57 Å². The third-order valence-electron chi connectivity index (χ3n) is 3.51. The highest BCUT2D eigenvalue weighted by Crippen LogP contribution is 2.20. The van der Waals surface area contributed by atoms with E-state index in [1.165, 1.54) is 23.2 Å². The second kappa shape index (κ2) is 4.62. The van der Waals surface area contributed by atoms with E-state index in [-0.39, 0.29) is 23.0 Å². The van der Waals surface area contributed by atoms with Crippen LogP contribution in [0.3, 0.4) is 0 Å². The molecule has 2 aromatic heterocycles. The molecule has 20 heavy (non-hydrogen) atoms. The molecule has 0 aliphatic carbocycles. The van der Waals surface area contributed by atoms with Crippen LogP contribution < -0.4 is 11.2 Å². The largest absolute Gasteiger partial charge is 0.475 e. The fourth-order valence-corrected chi connectivity index (χ4v) is 2.20. The summed E-state index contributed by atoms with van der Waals surface area (Å²) < 4.78 is 3.60. The number of aromatic carboxylic acids is 1. The zero-order valence-electron chi connectivity index (χ0n) is 11.7. The van der Waals surface area contributed by atoms with E-state index in [1.54, 1.807) is 0 Å². The van der Waals surface area contributed by atoms with Gasteiger partial charge in [0.25, 0.3) is 5.56 Å². The molecule has 0 amide bonds. The third-order valence-corrected chi connectivity index (χ3v) is 3.51. The Morgan fingerprint density at radius 2 is 1.90 bits per heavy atom. The van der Waals surface area contributed by atoms with Gasteiger partial charge in [0.15, 0.2) is 11.2 Å². The first-order valence-electron chi connectivity index (χ1n) is 6.22. The van der Waals surface area contributed by atoms with E-state index < -0.39 is 17.2 Å². The van der Waals surface area contributed by atoms with Gasteiger partial charge in [0, 0.05) is 20.1 Å². The SMILES string of the molecule is CCC(C)n1c(C(=O)O)nc2c(=O)n(C)c(=O)n(C)c21. The molecule has 0 aliphatic heterocycles. The highest BCUT2D eigenvalue weighted by molar-refractivity contribution is 5.88. The molecule has 0 aliphatic rings. The molecule has 0 saturated carbocycles. The normalized spacial score (nSPS) is 12.8. The molecular formula is C12H16N4O4. The molecule has 0 fully saturated rings. The lowest BCUT2D eigenvalue weighted by Gasteiger charge is -2.15. The van der Waals surface area contributed by atoms with Crippen molar-refractivity contribution in [1.29, 1.82) is 0 Å². The molecule has 108 valence electrons. The third kappa shape index (κ3) is 1.75. The predicted octanol–water partition coefficient (Wildman–Crippen LogP) is 0.103. The highest BCUT2D eigenvalue weighted by Gasteiger charge is 2.24. The molecule has 1 N–H and O–H groups in total. The molecule has 8 nitrogen and oxygen atoms in total. The fourth-order valence-electron chi connectivity index (χ4n) is 2.20. The Morgan fingerprint density at radius 3 is 2.40 bits per heavy atom. The van der Waals surface area contributed by atoms with E-state index in [2.05, 4.69) is 4.98 Å². The maximum absolute atomic E-state index is 12.1. The van der Waals surface area contributed by atoms with Crippen LogP contribution >= 0.6 is 0 Å². The molecule has 0 radical (unpaired) electrons. The first-order valence-corrected chi connectivity index (χ1v) is 6.22. The maximum atomic E-state index is 12.1. The van der Waals surface area contributed by atoms with E-state index in [4.69, 9.17) is 0 Å². The van der Waals surface area contributed by atoms with Gasteiger partial charge in [-0.25, -0.2) is 14.6 Å². The van der Waals surface area contributed by atoms with Gasteiger partial charge in [0.1, 0.15) is 0 Å². The molecule has 2 aromatic rings. The van der Waals surface area contributed by atoms with Crippen molar-refractivity contribution in [3.63, 3.8) is 0 Å². The lowest BCUT2D eigenvalue weighted by molar-refractivity contribution is 0.0676. The van der Waals surface area contributed by atoms with Crippen molar-refractivity contribution in [2.75, 3.05) is 0 Å².